The van der Waals surface area contributed by atoms with Crippen LogP contribution >= 0.6 is 0 Å². The van der Waals surface area contributed by atoms with E-state index < -0.39 is 5.59 Å². The van der Waals surface area contributed by atoms with E-state index in [1.54, 1.807) is 0 Å². The van der Waals surface area contributed by atoms with Gasteiger partial charge in [0.1, 0.15) is 0 Å². The molecule has 0 fully saturated rings. The zero-order chi connectivity index (χ0) is 10.6. The maximum atomic E-state index is 5.87. The first-order chi connectivity index (χ1) is 7.03. The molecule has 0 saturated carbocycles. The minimum atomic E-state index is -1.53. The van der Waals surface area contributed by atoms with Gasteiger partial charge in [0, 0.05) is 6.04 Å². The van der Waals surface area contributed by atoms with Gasteiger partial charge < -0.3 is 15.2 Å². The van der Waals surface area contributed by atoms with Crippen molar-refractivity contribution in [2.45, 2.75) is 24.5 Å². The van der Waals surface area contributed by atoms with E-state index >= 15 is 0 Å². The molecule has 1 aromatic rings. The normalized spacial score (nSPS) is 21.7. The van der Waals surface area contributed by atoms with Gasteiger partial charge in [-0.25, -0.2) is 0 Å². The summed E-state index contributed by atoms with van der Waals surface area (Å²) >= 11 is 0. The Kier molecular flexibility index (Phi) is 1.67. The molecule has 2 N–H and O–H groups in total. The molecule has 0 atom stereocenters. The van der Waals surface area contributed by atoms with Crippen LogP contribution in [0.2, 0.25) is 0 Å². The van der Waals surface area contributed by atoms with Gasteiger partial charge in [0.15, 0.2) is 32.8 Å². The van der Waals surface area contributed by atoms with Crippen LogP contribution in [-0.4, -0.2) is 27.3 Å². The van der Waals surface area contributed by atoms with Gasteiger partial charge in [0.25, 0.3) is 0 Å². The lowest BCUT2D eigenvalue weighted by Gasteiger charge is -2.18. The van der Waals surface area contributed by atoms with Gasteiger partial charge in [-0.2, -0.15) is 0 Å². The summed E-state index contributed by atoms with van der Waals surface area (Å²) in [5.41, 5.74) is 6.73. The van der Waals surface area contributed by atoms with Crippen LogP contribution < -0.4 is 15.2 Å². The van der Waals surface area contributed by atoms with Crippen LogP contribution in [0.5, 0.6) is 11.5 Å². The third-order valence-corrected chi connectivity index (χ3v) is 2.77. The summed E-state index contributed by atoms with van der Waals surface area (Å²) in [6.07, 6.45) is 1.74. The Labute approximate surface area is 90.8 Å². The summed E-state index contributed by atoms with van der Waals surface area (Å²) in [5.74, 6) is 1.21. The molecular weight excluding hydrogens is 188 g/mol. The Hall–Kier alpha value is -1.09. The summed E-state index contributed by atoms with van der Waals surface area (Å²) < 4.78 is 10.5. The average molecular weight is 197 g/mol. The van der Waals surface area contributed by atoms with Crippen molar-refractivity contribution in [3.05, 3.63) is 23.3 Å². The SMILES string of the molecule is [B]C1([B])Oc2cc3c(cc2O1)CC(N)C3. The molecule has 0 amide bonds. The zero-order valence-corrected chi connectivity index (χ0v) is 8.19. The Balaban J connectivity index is 2.03. The lowest BCUT2D eigenvalue weighted by atomic mass is 9.76. The zero-order valence-electron chi connectivity index (χ0n) is 8.19. The van der Waals surface area contributed by atoms with Crippen LogP contribution in [-0.2, 0) is 12.8 Å². The van der Waals surface area contributed by atoms with Gasteiger partial charge in [-0.1, -0.05) is 0 Å². The first-order valence-electron chi connectivity index (χ1n) is 4.91. The van der Waals surface area contributed by atoms with Crippen molar-refractivity contribution in [2.75, 3.05) is 0 Å². The highest BCUT2D eigenvalue weighted by atomic mass is 16.7. The first kappa shape index (κ1) is 9.16. The predicted octanol–water partition coefficient (Wildman–Crippen LogP) is -0.168. The summed E-state index contributed by atoms with van der Waals surface area (Å²) in [7, 11) is 11.0. The van der Waals surface area contributed by atoms with Gasteiger partial charge in [0.05, 0.1) is 0 Å². The quantitative estimate of drug-likeness (QED) is 0.587. The van der Waals surface area contributed by atoms with E-state index in [0.29, 0.717) is 11.5 Å². The Morgan fingerprint density at radius 3 is 2.07 bits per heavy atom. The minimum absolute atomic E-state index is 0.197. The fourth-order valence-electron chi connectivity index (χ4n) is 2.19. The molecule has 1 aromatic carbocycles. The molecule has 4 radical (unpaired) electrons. The maximum absolute atomic E-state index is 5.87. The van der Waals surface area contributed by atoms with Crippen LogP contribution in [0, 0.1) is 0 Å². The Bertz CT molecular complexity index is 397. The Morgan fingerprint density at radius 2 is 1.60 bits per heavy atom. The molecule has 5 heteroatoms. The highest BCUT2D eigenvalue weighted by Gasteiger charge is 2.32. The van der Waals surface area contributed by atoms with E-state index in [1.807, 2.05) is 12.1 Å². The number of hydrogen-bond acceptors (Lipinski definition) is 3. The van der Waals surface area contributed by atoms with Gasteiger partial charge in [-0.05, 0) is 36.1 Å². The van der Waals surface area contributed by atoms with Crippen molar-refractivity contribution in [2.24, 2.45) is 5.73 Å². The maximum Gasteiger partial charge on any atom is 0.175 e. The standard InChI is InChI=1S/C10H9B2NO2/c11-10(12)14-8-3-5-1-7(13)2-6(5)4-9(8)15-10/h3-4,7H,1-2,13H2. The molecule has 0 spiro atoms. The summed E-state index contributed by atoms with van der Waals surface area (Å²) in [6, 6.07) is 4.03. The average Bonchev–Trinajstić information content (AvgIpc) is 2.55. The van der Waals surface area contributed by atoms with E-state index in [0.717, 1.165) is 12.8 Å². The topological polar surface area (TPSA) is 44.5 Å². The summed E-state index contributed by atoms with van der Waals surface area (Å²) in [6.45, 7) is 0. The number of hydrogen-bond donors (Lipinski definition) is 1. The van der Waals surface area contributed by atoms with Gasteiger partial charge >= 0.3 is 0 Å². The van der Waals surface area contributed by atoms with E-state index in [2.05, 4.69) is 0 Å². The van der Waals surface area contributed by atoms with Crippen molar-refractivity contribution in [1.82, 2.24) is 0 Å². The lowest BCUT2D eigenvalue weighted by molar-refractivity contribution is 0.0833. The fraction of sp³-hybridized carbons (Fsp3) is 0.400. The first-order valence-corrected chi connectivity index (χ1v) is 4.91. The third kappa shape index (κ3) is 1.42. The van der Waals surface area contributed by atoms with E-state index in [9.17, 15) is 0 Å². The van der Waals surface area contributed by atoms with Crippen molar-refractivity contribution >= 4 is 15.7 Å². The number of benzene rings is 1. The largest absolute Gasteiger partial charge is 0.468 e. The number of nitrogens with two attached hydrogens (primary N) is 1. The van der Waals surface area contributed by atoms with Gasteiger partial charge in [-0.15, -0.1) is 0 Å². The monoisotopic (exact) mass is 197 g/mol. The molecular formula is C10H9B2NO2. The fourth-order valence-corrected chi connectivity index (χ4v) is 2.19. The smallest absolute Gasteiger partial charge is 0.175 e. The van der Waals surface area contributed by atoms with Crippen LogP contribution in [0.1, 0.15) is 11.1 Å². The molecule has 72 valence electrons. The molecule has 1 aliphatic heterocycles. The second-order valence-electron chi connectivity index (χ2n) is 4.16. The van der Waals surface area contributed by atoms with Crippen molar-refractivity contribution in [3.8, 4) is 11.5 Å². The highest BCUT2D eigenvalue weighted by Crippen LogP contribution is 2.41. The lowest BCUT2D eigenvalue weighted by Crippen LogP contribution is -2.39. The van der Waals surface area contributed by atoms with Crippen LogP contribution in [0.25, 0.3) is 0 Å². The second-order valence-corrected chi connectivity index (χ2v) is 4.16. The second kappa shape index (κ2) is 2.73. The Morgan fingerprint density at radius 1 is 1.13 bits per heavy atom. The number of rotatable bonds is 0. The summed E-state index contributed by atoms with van der Waals surface area (Å²) in [5, 5.41) is 0. The minimum Gasteiger partial charge on any atom is -0.468 e. The van der Waals surface area contributed by atoms with Crippen molar-refractivity contribution in [1.29, 1.82) is 0 Å². The molecule has 1 heterocycles. The molecule has 2 aliphatic rings. The van der Waals surface area contributed by atoms with Crippen LogP contribution in [0.4, 0.5) is 0 Å². The number of ether oxygens (including phenoxy) is 2. The van der Waals surface area contributed by atoms with Crippen LogP contribution in [0.15, 0.2) is 12.1 Å². The van der Waals surface area contributed by atoms with Gasteiger partial charge in [0.2, 0.25) is 0 Å². The van der Waals surface area contributed by atoms with E-state index in [-0.39, 0.29) is 6.04 Å². The molecule has 0 saturated heterocycles. The molecule has 0 aromatic heterocycles. The highest BCUT2D eigenvalue weighted by molar-refractivity contribution is 6.38. The van der Waals surface area contributed by atoms with Crippen molar-refractivity contribution < 1.29 is 9.47 Å². The molecule has 0 unspecified atom stereocenters. The van der Waals surface area contributed by atoms with Crippen LogP contribution in [0.3, 0.4) is 0 Å². The predicted molar refractivity (Wildman–Crippen MR) is 57.3 cm³/mol. The van der Waals surface area contributed by atoms with E-state index in [4.69, 9.17) is 30.9 Å². The molecule has 3 rings (SSSR count). The van der Waals surface area contributed by atoms with Gasteiger partial charge in [-0.3, -0.25) is 0 Å². The van der Waals surface area contributed by atoms with E-state index in [1.165, 1.54) is 11.1 Å². The third-order valence-electron chi connectivity index (χ3n) is 2.77. The summed E-state index contributed by atoms with van der Waals surface area (Å²) in [4.78, 5) is 0. The number of fused-ring (bicyclic) bond motifs is 2. The van der Waals surface area contributed by atoms with Crippen molar-refractivity contribution in [3.63, 3.8) is 0 Å². The molecule has 1 aliphatic carbocycles. The molecule has 0 bridgehead atoms. The molecule has 15 heavy (non-hydrogen) atoms. The molecule has 3 nitrogen and oxygen atoms in total.